The van der Waals surface area contributed by atoms with E-state index in [1.807, 2.05) is 0 Å². The number of aldehydes is 1. The molecule has 0 fully saturated rings. The summed E-state index contributed by atoms with van der Waals surface area (Å²) in [5, 5.41) is 8.48. The Morgan fingerprint density at radius 3 is 2.59 bits per heavy atom. The molecule has 1 N–H and O–H groups in total. The van der Waals surface area contributed by atoms with Crippen molar-refractivity contribution in [2.45, 2.75) is 0 Å². The second-order valence-corrected chi connectivity index (χ2v) is 3.55. The molecule has 0 aromatic heterocycles. The normalized spacial score (nSPS) is 12.3. The van der Waals surface area contributed by atoms with Crippen LogP contribution in [0, 0.1) is 0 Å². The number of fused-ring (bicyclic) bond motifs is 1. The van der Waals surface area contributed by atoms with Crippen molar-refractivity contribution in [1.29, 1.82) is 0 Å². The van der Waals surface area contributed by atoms with Crippen molar-refractivity contribution in [1.82, 2.24) is 0 Å². The summed E-state index contributed by atoms with van der Waals surface area (Å²) in [6.45, 7) is -0.198. The summed E-state index contributed by atoms with van der Waals surface area (Å²) in [5.74, 6) is -2.95. The minimum Gasteiger partial charge on any atom is -0.475 e. The van der Waals surface area contributed by atoms with Crippen molar-refractivity contribution in [3.05, 3.63) is 22.2 Å². The second kappa shape index (κ2) is 4.06. The largest absolute Gasteiger partial charge is 0.475 e. The van der Waals surface area contributed by atoms with Crippen LogP contribution in [-0.4, -0.2) is 29.9 Å². The number of hydrogen-bond acceptors (Lipinski definition) is 5. The summed E-state index contributed by atoms with van der Waals surface area (Å²) in [4.78, 5) is 32.8. The molecule has 0 saturated carbocycles. The van der Waals surface area contributed by atoms with Gasteiger partial charge in [-0.1, -0.05) is 11.6 Å². The number of rotatable bonds is 3. The molecule has 0 radical (unpaired) electrons. The molecule has 1 aromatic rings. The van der Waals surface area contributed by atoms with Gasteiger partial charge in [0.25, 0.3) is 5.78 Å². The van der Waals surface area contributed by atoms with Crippen molar-refractivity contribution < 1.29 is 29.0 Å². The van der Waals surface area contributed by atoms with Gasteiger partial charge in [-0.15, -0.1) is 0 Å². The number of carboxylic acid groups (broad SMARTS) is 1. The lowest BCUT2D eigenvalue weighted by atomic mass is 10.1. The van der Waals surface area contributed by atoms with Crippen LogP contribution in [0.5, 0.6) is 11.5 Å². The molecule has 88 valence electrons. The predicted octanol–water partition coefficient (Wildman–Crippen LogP) is 1.15. The zero-order valence-electron chi connectivity index (χ0n) is 8.23. The van der Waals surface area contributed by atoms with E-state index in [1.54, 1.807) is 0 Å². The van der Waals surface area contributed by atoms with Gasteiger partial charge in [0, 0.05) is 0 Å². The van der Waals surface area contributed by atoms with Crippen LogP contribution in [0.4, 0.5) is 0 Å². The van der Waals surface area contributed by atoms with Crippen molar-refractivity contribution in [3.63, 3.8) is 0 Å². The highest BCUT2D eigenvalue weighted by Crippen LogP contribution is 2.42. The van der Waals surface area contributed by atoms with Crippen LogP contribution in [-0.2, 0) is 4.79 Å². The van der Waals surface area contributed by atoms with Crippen LogP contribution >= 0.6 is 11.6 Å². The van der Waals surface area contributed by atoms with Crippen LogP contribution in [0.1, 0.15) is 20.7 Å². The predicted molar refractivity (Wildman–Crippen MR) is 54.9 cm³/mol. The number of hydrogen-bond donors (Lipinski definition) is 1. The fraction of sp³-hybridized carbons (Fsp3) is 0.100. The molecule has 1 aliphatic rings. The fourth-order valence-corrected chi connectivity index (χ4v) is 1.76. The molecule has 0 spiro atoms. The Balaban J connectivity index is 2.69. The lowest BCUT2D eigenvalue weighted by Crippen LogP contribution is -2.14. The highest BCUT2D eigenvalue weighted by molar-refractivity contribution is 6.46. The Bertz CT molecular complexity index is 536. The number of carboxylic acids is 1. The van der Waals surface area contributed by atoms with Gasteiger partial charge < -0.3 is 14.6 Å². The number of benzene rings is 1. The molecular formula is C10H5ClO6. The van der Waals surface area contributed by atoms with Gasteiger partial charge in [-0.05, 0) is 6.07 Å². The maximum Gasteiger partial charge on any atom is 0.377 e. The number of Topliss-reactive ketones (excluding diaryl/α,β-unsaturated/α-hetero) is 1. The Hall–Kier alpha value is -2.08. The summed E-state index contributed by atoms with van der Waals surface area (Å²) >= 11 is 5.75. The fourth-order valence-electron chi connectivity index (χ4n) is 1.47. The molecule has 0 amide bonds. The first-order chi connectivity index (χ1) is 8.06. The van der Waals surface area contributed by atoms with Gasteiger partial charge in [-0.25, -0.2) is 4.79 Å². The van der Waals surface area contributed by atoms with Crippen molar-refractivity contribution in [3.8, 4) is 11.5 Å². The Morgan fingerprint density at radius 1 is 1.35 bits per heavy atom. The first kappa shape index (κ1) is 11.4. The number of aliphatic carboxylic acids is 1. The van der Waals surface area contributed by atoms with Crippen LogP contribution in [0.2, 0.25) is 5.02 Å². The maximum atomic E-state index is 11.4. The molecule has 17 heavy (non-hydrogen) atoms. The third-order valence-corrected chi connectivity index (χ3v) is 2.47. The first-order valence-corrected chi connectivity index (χ1v) is 4.79. The molecule has 1 heterocycles. The van der Waals surface area contributed by atoms with E-state index in [-0.39, 0.29) is 34.4 Å². The van der Waals surface area contributed by atoms with Crippen LogP contribution in [0.15, 0.2) is 6.07 Å². The monoisotopic (exact) mass is 256 g/mol. The molecule has 1 aliphatic heterocycles. The molecule has 7 heteroatoms. The van der Waals surface area contributed by atoms with E-state index in [0.29, 0.717) is 6.29 Å². The summed E-state index contributed by atoms with van der Waals surface area (Å²) in [5.41, 5.74) is -0.207. The SMILES string of the molecule is O=Cc1cc(Cl)c(C(=O)C(=O)O)c2c1OCO2. The molecule has 0 saturated heterocycles. The van der Waals surface area contributed by atoms with E-state index in [0.717, 1.165) is 6.07 Å². The number of halogens is 1. The lowest BCUT2D eigenvalue weighted by Gasteiger charge is -2.06. The molecule has 1 aromatic carbocycles. The summed E-state index contributed by atoms with van der Waals surface area (Å²) < 4.78 is 9.96. The Labute approximate surface area is 99.7 Å². The number of carbonyl (C=O) groups is 3. The smallest absolute Gasteiger partial charge is 0.377 e. The summed E-state index contributed by atoms with van der Waals surface area (Å²) in [6, 6.07) is 1.16. The number of carbonyl (C=O) groups excluding carboxylic acids is 2. The van der Waals surface area contributed by atoms with Crippen LogP contribution < -0.4 is 9.47 Å². The van der Waals surface area contributed by atoms with Gasteiger partial charge in [0.1, 0.15) is 0 Å². The van der Waals surface area contributed by atoms with Gasteiger partial charge in [0.15, 0.2) is 17.8 Å². The molecule has 6 nitrogen and oxygen atoms in total. The first-order valence-electron chi connectivity index (χ1n) is 4.41. The van der Waals surface area contributed by atoms with E-state index in [1.165, 1.54) is 0 Å². The minimum atomic E-state index is -1.66. The maximum absolute atomic E-state index is 11.4. The molecule has 0 unspecified atom stereocenters. The Kier molecular flexibility index (Phi) is 2.72. The highest BCUT2D eigenvalue weighted by atomic mass is 35.5. The van der Waals surface area contributed by atoms with E-state index in [4.69, 9.17) is 26.2 Å². The third-order valence-electron chi connectivity index (χ3n) is 2.17. The van der Waals surface area contributed by atoms with Crippen molar-refractivity contribution in [2.75, 3.05) is 6.79 Å². The van der Waals surface area contributed by atoms with Gasteiger partial charge in [0.2, 0.25) is 6.79 Å². The van der Waals surface area contributed by atoms with Gasteiger partial charge in [-0.3, -0.25) is 9.59 Å². The van der Waals surface area contributed by atoms with Gasteiger partial charge in [0.05, 0.1) is 16.1 Å². The lowest BCUT2D eigenvalue weighted by molar-refractivity contribution is -0.131. The topological polar surface area (TPSA) is 89.9 Å². The van der Waals surface area contributed by atoms with Gasteiger partial charge in [-0.2, -0.15) is 0 Å². The zero-order chi connectivity index (χ0) is 12.6. The Morgan fingerprint density at radius 2 is 2.00 bits per heavy atom. The van der Waals surface area contributed by atoms with Gasteiger partial charge >= 0.3 is 5.97 Å². The zero-order valence-corrected chi connectivity index (χ0v) is 8.98. The van der Waals surface area contributed by atoms with E-state index in [9.17, 15) is 14.4 Å². The summed E-state index contributed by atoms with van der Waals surface area (Å²) in [6.07, 6.45) is 0.481. The number of ketones is 1. The molecular weight excluding hydrogens is 252 g/mol. The summed E-state index contributed by atoms with van der Waals surface area (Å²) in [7, 11) is 0. The minimum absolute atomic E-state index is 0.0361. The van der Waals surface area contributed by atoms with E-state index < -0.39 is 11.8 Å². The van der Waals surface area contributed by atoms with Crippen LogP contribution in [0.25, 0.3) is 0 Å². The quantitative estimate of drug-likeness (QED) is 0.496. The molecule has 2 rings (SSSR count). The molecule has 0 aliphatic carbocycles. The third kappa shape index (κ3) is 1.72. The average Bonchev–Trinajstić information content (AvgIpc) is 2.75. The van der Waals surface area contributed by atoms with E-state index in [2.05, 4.69) is 0 Å². The highest BCUT2D eigenvalue weighted by Gasteiger charge is 2.31. The van der Waals surface area contributed by atoms with Crippen molar-refractivity contribution >= 4 is 29.6 Å². The van der Waals surface area contributed by atoms with Crippen LogP contribution in [0.3, 0.4) is 0 Å². The second-order valence-electron chi connectivity index (χ2n) is 3.14. The van der Waals surface area contributed by atoms with Crippen molar-refractivity contribution in [2.24, 2.45) is 0 Å². The molecule has 0 bridgehead atoms. The van der Waals surface area contributed by atoms with E-state index >= 15 is 0 Å². The molecule has 0 atom stereocenters. The average molecular weight is 257 g/mol. The number of ether oxygens (including phenoxy) is 2. The standard InChI is InChI=1S/C10H5ClO6/c11-5-1-4(2-12)8-9(17-3-16-8)6(5)7(13)10(14)15/h1-2H,3H2,(H,14,15).